The molecule has 1 aromatic heterocycles. The Balaban J connectivity index is 2.01. The van der Waals surface area contributed by atoms with E-state index in [0.717, 1.165) is 18.6 Å². The summed E-state index contributed by atoms with van der Waals surface area (Å²) in [5, 5.41) is 0. The van der Waals surface area contributed by atoms with E-state index in [1.165, 1.54) is 12.5 Å². The third-order valence-corrected chi connectivity index (χ3v) is 2.51. The summed E-state index contributed by atoms with van der Waals surface area (Å²) in [6.07, 6.45) is 4.96. The number of hydrogen-bond acceptors (Lipinski definition) is 4. The molecule has 0 saturated carbocycles. The molecule has 0 unspecified atom stereocenters. The van der Waals surface area contributed by atoms with Crippen LogP contribution in [0.2, 0.25) is 0 Å². The molecule has 0 aliphatic heterocycles. The topological polar surface area (TPSA) is 52.3 Å². The van der Waals surface area contributed by atoms with E-state index < -0.39 is 0 Å². The highest BCUT2D eigenvalue weighted by molar-refractivity contribution is 6.05. The highest BCUT2D eigenvalue weighted by Gasteiger charge is 2.13. The second-order valence-corrected chi connectivity index (χ2v) is 3.89. The Hall–Kier alpha value is -2.10. The maximum atomic E-state index is 11.9. The summed E-state index contributed by atoms with van der Waals surface area (Å²) in [4.78, 5) is 15.7. The minimum Gasteiger partial charge on any atom is -0.494 e. The Kier molecular flexibility index (Phi) is 4.12. The van der Waals surface area contributed by atoms with Crippen LogP contribution < -0.4 is 4.74 Å². The Labute approximate surface area is 106 Å². The van der Waals surface area contributed by atoms with E-state index in [4.69, 9.17) is 9.15 Å². The number of hydrogen-bond donors (Lipinski definition) is 0. The van der Waals surface area contributed by atoms with Crippen LogP contribution in [-0.2, 0) is 0 Å². The summed E-state index contributed by atoms with van der Waals surface area (Å²) >= 11 is 0. The first kappa shape index (κ1) is 12.4. The molecule has 18 heavy (non-hydrogen) atoms. The van der Waals surface area contributed by atoms with Crippen LogP contribution in [0.5, 0.6) is 5.75 Å². The Bertz CT molecular complexity index is 488. The zero-order valence-corrected chi connectivity index (χ0v) is 10.3. The molecule has 0 fully saturated rings. The number of rotatable bonds is 6. The molecule has 4 nitrogen and oxygen atoms in total. The van der Waals surface area contributed by atoms with Gasteiger partial charge >= 0.3 is 0 Å². The molecule has 0 radical (unpaired) electrons. The average Bonchev–Trinajstić information content (AvgIpc) is 2.93. The lowest BCUT2D eigenvalue weighted by atomic mass is 10.1. The molecule has 1 heterocycles. The summed E-state index contributed by atoms with van der Waals surface area (Å²) < 4.78 is 10.5. The fourth-order valence-electron chi connectivity index (χ4n) is 1.50. The number of oxazole rings is 1. The van der Waals surface area contributed by atoms with Crippen molar-refractivity contribution < 1.29 is 13.9 Å². The molecule has 94 valence electrons. The van der Waals surface area contributed by atoms with Gasteiger partial charge in [0.15, 0.2) is 0 Å². The largest absolute Gasteiger partial charge is 0.494 e. The van der Waals surface area contributed by atoms with Crippen LogP contribution in [0.3, 0.4) is 0 Å². The maximum Gasteiger partial charge on any atom is 0.268 e. The first-order valence-corrected chi connectivity index (χ1v) is 5.98. The molecule has 0 spiro atoms. The van der Waals surface area contributed by atoms with Gasteiger partial charge in [-0.15, -0.1) is 0 Å². The van der Waals surface area contributed by atoms with Crippen LogP contribution in [0.15, 0.2) is 41.1 Å². The van der Waals surface area contributed by atoms with E-state index in [2.05, 4.69) is 11.9 Å². The van der Waals surface area contributed by atoms with E-state index in [1.54, 1.807) is 24.3 Å². The number of carbonyl (C=O) groups excluding carboxylic acids is 1. The van der Waals surface area contributed by atoms with Crippen LogP contribution in [0.1, 0.15) is 36.0 Å². The summed E-state index contributed by atoms with van der Waals surface area (Å²) in [6, 6.07) is 7.00. The third-order valence-electron chi connectivity index (χ3n) is 2.51. The van der Waals surface area contributed by atoms with Crippen LogP contribution in [0, 0.1) is 0 Å². The Morgan fingerprint density at radius 3 is 2.72 bits per heavy atom. The van der Waals surface area contributed by atoms with Crippen molar-refractivity contribution in [2.75, 3.05) is 6.61 Å². The zero-order chi connectivity index (χ0) is 12.8. The first-order chi connectivity index (χ1) is 8.81. The SMILES string of the molecule is CCCCOc1ccc(C(=O)c2ncco2)cc1. The van der Waals surface area contributed by atoms with Crippen molar-refractivity contribution >= 4 is 5.78 Å². The number of unbranched alkanes of at least 4 members (excludes halogenated alkanes) is 1. The fraction of sp³-hybridized carbons (Fsp3) is 0.286. The fourth-order valence-corrected chi connectivity index (χ4v) is 1.50. The van der Waals surface area contributed by atoms with Crippen LogP contribution in [0.25, 0.3) is 0 Å². The van der Waals surface area contributed by atoms with Crippen LogP contribution in [-0.4, -0.2) is 17.4 Å². The van der Waals surface area contributed by atoms with Crippen molar-refractivity contribution in [1.29, 1.82) is 0 Å². The van der Waals surface area contributed by atoms with E-state index in [-0.39, 0.29) is 11.7 Å². The summed E-state index contributed by atoms with van der Waals surface area (Å²) in [5.74, 6) is 0.655. The van der Waals surface area contributed by atoms with Gasteiger partial charge in [0.1, 0.15) is 12.0 Å². The van der Waals surface area contributed by atoms with Gasteiger partial charge in [-0.3, -0.25) is 4.79 Å². The third kappa shape index (κ3) is 2.97. The second kappa shape index (κ2) is 6.00. The summed E-state index contributed by atoms with van der Waals surface area (Å²) in [7, 11) is 0. The number of ether oxygens (including phenoxy) is 1. The van der Waals surface area contributed by atoms with Crippen LogP contribution in [0.4, 0.5) is 0 Å². The van der Waals surface area contributed by atoms with Crippen molar-refractivity contribution in [3.05, 3.63) is 48.2 Å². The molecule has 2 rings (SSSR count). The van der Waals surface area contributed by atoms with Gasteiger partial charge in [0, 0.05) is 5.56 Å². The monoisotopic (exact) mass is 245 g/mol. The number of aromatic nitrogens is 1. The second-order valence-electron chi connectivity index (χ2n) is 3.89. The van der Waals surface area contributed by atoms with Gasteiger partial charge in [0.2, 0.25) is 5.78 Å². The molecule has 0 amide bonds. The molecule has 0 saturated heterocycles. The summed E-state index contributed by atoms with van der Waals surface area (Å²) in [6.45, 7) is 2.81. The molecule has 0 bridgehead atoms. The highest BCUT2D eigenvalue weighted by atomic mass is 16.5. The number of ketones is 1. The minimum atomic E-state index is -0.222. The molecule has 1 aromatic carbocycles. The van der Waals surface area contributed by atoms with Crippen molar-refractivity contribution in [3.63, 3.8) is 0 Å². The van der Waals surface area contributed by atoms with Gasteiger partial charge in [0.25, 0.3) is 5.89 Å². The summed E-state index contributed by atoms with van der Waals surface area (Å²) in [5.41, 5.74) is 0.542. The van der Waals surface area contributed by atoms with Gasteiger partial charge in [-0.05, 0) is 30.7 Å². The lowest BCUT2D eigenvalue weighted by Crippen LogP contribution is -2.02. The minimum absolute atomic E-state index is 0.106. The predicted octanol–water partition coefficient (Wildman–Crippen LogP) is 3.08. The molecule has 0 aliphatic rings. The Morgan fingerprint density at radius 1 is 1.33 bits per heavy atom. The Morgan fingerprint density at radius 2 is 2.11 bits per heavy atom. The number of carbonyl (C=O) groups is 1. The van der Waals surface area contributed by atoms with Gasteiger partial charge in [-0.1, -0.05) is 13.3 Å². The molecule has 0 atom stereocenters. The molecule has 4 heteroatoms. The van der Waals surface area contributed by atoms with Crippen LogP contribution >= 0.6 is 0 Å². The van der Waals surface area contributed by atoms with E-state index in [9.17, 15) is 4.79 Å². The maximum absolute atomic E-state index is 11.9. The zero-order valence-electron chi connectivity index (χ0n) is 10.3. The van der Waals surface area contributed by atoms with E-state index in [1.807, 2.05) is 0 Å². The number of nitrogens with zero attached hydrogens (tertiary/aromatic N) is 1. The van der Waals surface area contributed by atoms with E-state index >= 15 is 0 Å². The smallest absolute Gasteiger partial charge is 0.268 e. The highest BCUT2D eigenvalue weighted by Crippen LogP contribution is 2.15. The molecule has 0 N–H and O–H groups in total. The first-order valence-electron chi connectivity index (χ1n) is 5.98. The van der Waals surface area contributed by atoms with Crippen molar-refractivity contribution in [2.45, 2.75) is 19.8 Å². The van der Waals surface area contributed by atoms with Gasteiger partial charge in [-0.2, -0.15) is 0 Å². The van der Waals surface area contributed by atoms with Crippen molar-refractivity contribution in [1.82, 2.24) is 4.98 Å². The quantitative estimate of drug-likeness (QED) is 0.579. The lowest BCUT2D eigenvalue weighted by molar-refractivity contribution is 0.100. The average molecular weight is 245 g/mol. The van der Waals surface area contributed by atoms with Crippen molar-refractivity contribution in [3.8, 4) is 5.75 Å². The predicted molar refractivity (Wildman–Crippen MR) is 66.8 cm³/mol. The van der Waals surface area contributed by atoms with Gasteiger partial charge in [0.05, 0.1) is 12.8 Å². The molecule has 2 aromatic rings. The molecular weight excluding hydrogens is 230 g/mol. The molecular formula is C14H15NO3. The molecule has 0 aliphatic carbocycles. The standard InChI is InChI=1S/C14H15NO3/c1-2-3-9-17-12-6-4-11(5-7-12)13(16)14-15-8-10-18-14/h4-8,10H,2-3,9H2,1H3. The lowest BCUT2D eigenvalue weighted by Gasteiger charge is -2.05. The van der Waals surface area contributed by atoms with Gasteiger partial charge < -0.3 is 9.15 Å². The number of benzene rings is 1. The van der Waals surface area contributed by atoms with Gasteiger partial charge in [-0.25, -0.2) is 4.98 Å². The normalized spacial score (nSPS) is 10.3. The van der Waals surface area contributed by atoms with Crippen molar-refractivity contribution in [2.24, 2.45) is 0 Å². The van der Waals surface area contributed by atoms with E-state index in [0.29, 0.717) is 12.2 Å².